The fourth-order valence-electron chi connectivity index (χ4n) is 0.904. The summed E-state index contributed by atoms with van der Waals surface area (Å²) < 4.78 is 0. The molecule has 1 N–H and O–H groups in total. The summed E-state index contributed by atoms with van der Waals surface area (Å²) >= 11 is 0. The average molecular weight is 163 g/mol. The number of hydrogen-bond acceptors (Lipinski definition) is 1. The summed E-state index contributed by atoms with van der Waals surface area (Å²) in [5.41, 5.74) is 1.92. The van der Waals surface area contributed by atoms with Crippen molar-refractivity contribution in [3.05, 3.63) is 35.9 Å². The van der Waals surface area contributed by atoms with Gasteiger partial charge in [-0.3, -0.25) is 0 Å². The fourth-order valence-corrected chi connectivity index (χ4v) is 1.18. The standard InChI is InChI=1S/C9H10NP/c1-2-7-3-4-9(11)5-8(7)6-10/h2-6,10H,1,11H2. The highest BCUT2D eigenvalue weighted by Crippen LogP contribution is 2.06. The van der Waals surface area contributed by atoms with Crippen molar-refractivity contribution in [2.24, 2.45) is 0 Å². The van der Waals surface area contributed by atoms with Crippen molar-refractivity contribution in [2.75, 3.05) is 0 Å². The highest BCUT2D eigenvalue weighted by Gasteiger charge is 1.94. The maximum atomic E-state index is 7.10. The molecule has 0 spiro atoms. The minimum atomic E-state index is 0.910. The van der Waals surface area contributed by atoms with Gasteiger partial charge in [-0.25, -0.2) is 0 Å². The summed E-state index contributed by atoms with van der Waals surface area (Å²) in [6.45, 7) is 3.66. The van der Waals surface area contributed by atoms with E-state index < -0.39 is 0 Å². The molecule has 0 radical (unpaired) electrons. The smallest absolute Gasteiger partial charge is 0.0256 e. The molecule has 2 heteroatoms. The fraction of sp³-hybridized carbons (Fsp3) is 0. The van der Waals surface area contributed by atoms with Gasteiger partial charge in [0, 0.05) is 6.21 Å². The quantitative estimate of drug-likeness (QED) is 0.508. The minimum Gasteiger partial charge on any atom is -0.308 e. The number of nitrogens with one attached hydrogen (secondary N) is 1. The van der Waals surface area contributed by atoms with Gasteiger partial charge in [0.25, 0.3) is 0 Å². The van der Waals surface area contributed by atoms with Crippen LogP contribution in [0.2, 0.25) is 0 Å². The highest BCUT2D eigenvalue weighted by atomic mass is 31.0. The lowest BCUT2D eigenvalue weighted by Crippen LogP contribution is -1.95. The van der Waals surface area contributed by atoms with Crippen LogP contribution in [0.3, 0.4) is 0 Å². The molecular formula is C9H10NP. The minimum absolute atomic E-state index is 0.910. The molecule has 0 bridgehead atoms. The summed E-state index contributed by atoms with van der Waals surface area (Å²) in [6, 6.07) is 5.87. The molecule has 0 fully saturated rings. The topological polar surface area (TPSA) is 23.9 Å². The van der Waals surface area contributed by atoms with Crippen molar-refractivity contribution in [1.29, 1.82) is 5.41 Å². The second-order valence-corrected chi connectivity index (χ2v) is 2.90. The van der Waals surface area contributed by atoms with Gasteiger partial charge >= 0.3 is 0 Å². The molecule has 56 valence electrons. The Kier molecular flexibility index (Phi) is 2.56. The summed E-state index contributed by atoms with van der Waals surface area (Å²) in [5.74, 6) is 0. The molecular weight excluding hydrogens is 153 g/mol. The lowest BCUT2D eigenvalue weighted by atomic mass is 10.1. The lowest BCUT2D eigenvalue weighted by molar-refractivity contribution is 1.54. The summed E-state index contributed by atoms with van der Waals surface area (Å²) in [5, 5.41) is 8.19. The van der Waals surface area contributed by atoms with Gasteiger partial charge in [0.15, 0.2) is 0 Å². The van der Waals surface area contributed by atoms with Gasteiger partial charge in [0.1, 0.15) is 0 Å². The van der Waals surface area contributed by atoms with Crippen LogP contribution >= 0.6 is 9.24 Å². The molecule has 1 atom stereocenters. The van der Waals surface area contributed by atoms with Crippen LogP contribution in [-0.2, 0) is 0 Å². The van der Waals surface area contributed by atoms with Crippen LogP contribution in [0.15, 0.2) is 24.8 Å². The molecule has 0 saturated heterocycles. The summed E-state index contributed by atoms with van der Waals surface area (Å²) in [7, 11) is 2.60. The first-order valence-electron chi connectivity index (χ1n) is 3.30. The molecule has 0 amide bonds. The molecule has 0 aromatic heterocycles. The first kappa shape index (κ1) is 8.16. The van der Waals surface area contributed by atoms with E-state index in [0.717, 1.165) is 16.4 Å². The largest absolute Gasteiger partial charge is 0.308 e. The lowest BCUT2D eigenvalue weighted by Gasteiger charge is -1.99. The van der Waals surface area contributed by atoms with Gasteiger partial charge in [0.2, 0.25) is 0 Å². The molecule has 1 aromatic rings. The average Bonchev–Trinajstić information content (AvgIpc) is 2.04. The van der Waals surface area contributed by atoms with Gasteiger partial charge in [0.05, 0.1) is 0 Å². The third-order valence-corrected chi connectivity index (χ3v) is 1.85. The Morgan fingerprint density at radius 1 is 1.36 bits per heavy atom. The molecule has 0 heterocycles. The maximum Gasteiger partial charge on any atom is 0.0256 e. The van der Waals surface area contributed by atoms with E-state index >= 15 is 0 Å². The van der Waals surface area contributed by atoms with Crippen molar-refractivity contribution in [1.82, 2.24) is 0 Å². The van der Waals surface area contributed by atoms with Crippen LogP contribution in [0, 0.1) is 5.41 Å². The van der Waals surface area contributed by atoms with Crippen LogP contribution in [0.1, 0.15) is 11.1 Å². The van der Waals surface area contributed by atoms with Crippen molar-refractivity contribution < 1.29 is 0 Å². The monoisotopic (exact) mass is 163 g/mol. The van der Waals surface area contributed by atoms with E-state index in [2.05, 4.69) is 15.8 Å². The molecule has 1 unspecified atom stereocenters. The van der Waals surface area contributed by atoms with Crippen LogP contribution in [0.4, 0.5) is 0 Å². The summed E-state index contributed by atoms with van der Waals surface area (Å²) in [6.07, 6.45) is 3.09. The number of rotatable bonds is 2. The van der Waals surface area contributed by atoms with Gasteiger partial charge in [-0.15, -0.1) is 9.24 Å². The molecule has 11 heavy (non-hydrogen) atoms. The molecule has 1 rings (SSSR count). The van der Waals surface area contributed by atoms with E-state index in [1.807, 2.05) is 18.2 Å². The Balaban J connectivity index is 3.26. The van der Waals surface area contributed by atoms with Gasteiger partial charge < -0.3 is 5.41 Å². The van der Waals surface area contributed by atoms with Crippen molar-refractivity contribution >= 4 is 26.8 Å². The zero-order valence-electron chi connectivity index (χ0n) is 6.17. The predicted octanol–water partition coefficient (Wildman–Crippen LogP) is 1.83. The number of hydrogen-bond donors (Lipinski definition) is 1. The molecule has 1 nitrogen and oxygen atoms in total. The SMILES string of the molecule is C=Cc1ccc(P)cc1C=N. The Hall–Kier alpha value is -0.940. The Morgan fingerprint density at radius 2 is 2.09 bits per heavy atom. The van der Waals surface area contributed by atoms with E-state index in [4.69, 9.17) is 5.41 Å². The normalized spacial score (nSPS) is 9.18. The molecule has 0 aliphatic rings. The van der Waals surface area contributed by atoms with E-state index in [0.29, 0.717) is 0 Å². The molecule has 0 saturated carbocycles. The van der Waals surface area contributed by atoms with Gasteiger partial charge in [-0.05, 0) is 22.5 Å². The molecule has 0 aliphatic carbocycles. The van der Waals surface area contributed by atoms with E-state index in [1.54, 1.807) is 6.08 Å². The molecule has 1 aromatic carbocycles. The third-order valence-electron chi connectivity index (χ3n) is 1.49. The van der Waals surface area contributed by atoms with Crippen LogP contribution in [-0.4, -0.2) is 6.21 Å². The van der Waals surface area contributed by atoms with Crippen LogP contribution in [0.5, 0.6) is 0 Å². The van der Waals surface area contributed by atoms with Gasteiger partial charge in [-0.1, -0.05) is 24.8 Å². The predicted molar refractivity (Wildman–Crippen MR) is 53.8 cm³/mol. The Morgan fingerprint density at radius 3 is 2.64 bits per heavy atom. The zero-order valence-corrected chi connectivity index (χ0v) is 7.33. The third kappa shape index (κ3) is 1.75. The van der Waals surface area contributed by atoms with E-state index in [9.17, 15) is 0 Å². The van der Waals surface area contributed by atoms with E-state index in [-0.39, 0.29) is 0 Å². The second kappa shape index (κ2) is 3.45. The summed E-state index contributed by atoms with van der Waals surface area (Å²) in [4.78, 5) is 0. The molecule has 0 aliphatic heterocycles. The number of benzene rings is 1. The first-order chi connectivity index (χ1) is 5.27. The Bertz CT molecular complexity index is 292. The van der Waals surface area contributed by atoms with Crippen LogP contribution in [0.25, 0.3) is 6.08 Å². The van der Waals surface area contributed by atoms with E-state index in [1.165, 1.54) is 6.21 Å². The highest BCUT2D eigenvalue weighted by molar-refractivity contribution is 7.27. The van der Waals surface area contributed by atoms with Crippen LogP contribution < -0.4 is 5.30 Å². The first-order valence-corrected chi connectivity index (χ1v) is 3.88. The van der Waals surface area contributed by atoms with Crippen molar-refractivity contribution in [3.63, 3.8) is 0 Å². The Labute approximate surface area is 68.9 Å². The maximum absolute atomic E-state index is 7.10. The van der Waals surface area contributed by atoms with Crippen molar-refractivity contribution in [2.45, 2.75) is 0 Å². The zero-order chi connectivity index (χ0) is 8.27. The van der Waals surface area contributed by atoms with Gasteiger partial charge in [-0.2, -0.15) is 0 Å². The van der Waals surface area contributed by atoms with Crippen molar-refractivity contribution in [3.8, 4) is 0 Å². The second-order valence-electron chi connectivity index (χ2n) is 2.24.